The van der Waals surface area contributed by atoms with Crippen molar-refractivity contribution in [2.75, 3.05) is 13.7 Å². The summed E-state index contributed by atoms with van der Waals surface area (Å²) in [5.41, 5.74) is 0.581. The molecule has 0 aromatic heterocycles. The maximum Gasteiger partial charge on any atom is 0.312 e. The van der Waals surface area contributed by atoms with Crippen molar-refractivity contribution in [2.45, 2.75) is 97.2 Å². The van der Waals surface area contributed by atoms with E-state index in [9.17, 15) is 4.79 Å². The average molecular weight is 683 g/mol. The molecule has 0 saturated heterocycles. The second kappa shape index (κ2) is 15.0. The van der Waals surface area contributed by atoms with Crippen LogP contribution in [-0.4, -0.2) is 42.2 Å². The molecule has 0 unspecified atom stereocenters. The van der Waals surface area contributed by atoms with Crippen molar-refractivity contribution in [1.82, 2.24) is 0 Å². The topological polar surface area (TPSA) is 44.8 Å². The fourth-order valence-electron chi connectivity index (χ4n) is 8.93. The van der Waals surface area contributed by atoms with Gasteiger partial charge in [-0.15, -0.1) is 0 Å². The molecule has 5 atom stereocenters. The van der Waals surface area contributed by atoms with Crippen molar-refractivity contribution in [3.05, 3.63) is 108 Å². The van der Waals surface area contributed by atoms with E-state index in [2.05, 4.69) is 144 Å². The molecule has 0 spiro atoms. The van der Waals surface area contributed by atoms with Crippen LogP contribution in [0.5, 0.6) is 0 Å². The average Bonchev–Trinajstić information content (AvgIpc) is 3.08. The highest BCUT2D eigenvalue weighted by atomic mass is 28.4. The molecule has 258 valence electrons. The molecular formula is C42H58O4Si2. The Hall–Kier alpha value is -2.78. The van der Waals surface area contributed by atoms with Crippen LogP contribution < -0.4 is 10.4 Å². The first-order valence-corrected chi connectivity index (χ1v) is 23.5. The van der Waals surface area contributed by atoms with Gasteiger partial charge in [0, 0.05) is 12.5 Å². The Morgan fingerprint density at radius 1 is 0.854 bits per heavy atom. The van der Waals surface area contributed by atoms with Crippen molar-refractivity contribution in [1.29, 1.82) is 0 Å². The van der Waals surface area contributed by atoms with Gasteiger partial charge in [0.25, 0.3) is 8.32 Å². The number of carbonyl (C=O) groups is 1. The summed E-state index contributed by atoms with van der Waals surface area (Å²) in [5, 5.41) is 4.10. The van der Waals surface area contributed by atoms with Gasteiger partial charge in [-0.3, -0.25) is 4.79 Å². The third-order valence-corrected chi connectivity index (χ3v) is 18.6. The van der Waals surface area contributed by atoms with Gasteiger partial charge in [0.05, 0.1) is 33.3 Å². The number of fused-ring (bicyclic) bond motifs is 1. The van der Waals surface area contributed by atoms with Crippen molar-refractivity contribution in [3.8, 4) is 0 Å². The van der Waals surface area contributed by atoms with Crippen LogP contribution in [0.25, 0.3) is 0 Å². The van der Waals surface area contributed by atoms with E-state index in [1.807, 2.05) is 0 Å². The molecule has 0 amide bonds. The van der Waals surface area contributed by atoms with Gasteiger partial charge in [-0.2, -0.15) is 0 Å². The van der Waals surface area contributed by atoms with E-state index in [0.29, 0.717) is 13.2 Å². The first-order chi connectivity index (χ1) is 22.8. The van der Waals surface area contributed by atoms with E-state index in [1.54, 1.807) is 12.3 Å². The summed E-state index contributed by atoms with van der Waals surface area (Å²) in [6.45, 7) is 17.8. The van der Waals surface area contributed by atoms with E-state index in [1.165, 1.54) is 15.9 Å². The van der Waals surface area contributed by atoms with E-state index in [4.69, 9.17) is 13.9 Å². The van der Waals surface area contributed by atoms with Gasteiger partial charge in [-0.1, -0.05) is 149 Å². The molecule has 5 rings (SSSR count). The van der Waals surface area contributed by atoms with Crippen LogP contribution in [0, 0.1) is 23.2 Å². The molecule has 6 heteroatoms. The van der Waals surface area contributed by atoms with Crippen molar-refractivity contribution < 1.29 is 18.7 Å². The number of rotatable bonds is 12. The van der Waals surface area contributed by atoms with E-state index in [-0.39, 0.29) is 34.9 Å². The number of ether oxygens (including phenoxy) is 2. The minimum Gasteiger partial charge on any atom is -0.469 e. The second-order valence-corrected chi connectivity index (χ2v) is 25.7. The second-order valence-electron chi connectivity index (χ2n) is 16.3. The molecule has 1 saturated carbocycles. The lowest BCUT2D eigenvalue weighted by Crippen LogP contribution is -2.66. The molecule has 48 heavy (non-hydrogen) atoms. The molecule has 0 radical (unpaired) electrons. The first-order valence-electron chi connectivity index (χ1n) is 18.0. The Labute approximate surface area is 292 Å². The van der Waals surface area contributed by atoms with Gasteiger partial charge in [-0.05, 0) is 65.4 Å². The quantitative estimate of drug-likeness (QED) is 0.109. The molecule has 0 bridgehead atoms. The Kier molecular flexibility index (Phi) is 11.4. The summed E-state index contributed by atoms with van der Waals surface area (Å²) >= 11 is 0. The number of allylic oxidation sites excluding steroid dienone is 1. The van der Waals surface area contributed by atoms with Crippen molar-refractivity contribution in [2.24, 2.45) is 23.2 Å². The highest BCUT2D eigenvalue weighted by molar-refractivity contribution is 6.99. The van der Waals surface area contributed by atoms with Crippen LogP contribution in [0.2, 0.25) is 24.7 Å². The lowest BCUT2D eigenvalue weighted by atomic mass is 9.54. The van der Waals surface area contributed by atoms with Crippen LogP contribution >= 0.6 is 0 Å². The zero-order valence-electron chi connectivity index (χ0n) is 30.6. The molecule has 0 N–H and O–H groups in total. The van der Waals surface area contributed by atoms with Crippen molar-refractivity contribution in [3.63, 3.8) is 0 Å². The van der Waals surface area contributed by atoms with Crippen LogP contribution in [0.15, 0.2) is 102 Å². The Balaban J connectivity index is 1.45. The molecule has 3 aromatic carbocycles. The zero-order chi connectivity index (χ0) is 34.6. The molecular weight excluding hydrogens is 625 g/mol. The third kappa shape index (κ3) is 7.23. The Bertz CT molecular complexity index is 1470. The SMILES string of the molecule is COC(=O)[C@@]1(C)[C@@H]2CCC[C@H](OCc3ccccc3)[C@H]2C([Si](C)(C)C)=C[C@H]1CCCO[Si](c1ccccc1)(c1ccccc1)C(C)(C)C. The predicted molar refractivity (Wildman–Crippen MR) is 204 cm³/mol. The molecule has 1 fully saturated rings. The standard InChI is InChI=1S/C42H58O4Si2/c1-41(2,3)48(34-23-14-10-15-24-34,35-25-16-11-17-26-35)46-29-19-22-33-30-38(47(6,7)8)39-36(42(33,4)40(43)44-5)27-18-28-37(39)45-31-32-20-12-9-13-21-32/h9-17,20-21,23-26,30,33,36-37,39H,18-19,22,27-29,31H2,1-8H3/t33-,36-,37+,39+,42-/m1/s1. The van der Waals surface area contributed by atoms with Gasteiger partial charge >= 0.3 is 5.97 Å². The lowest BCUT2D eigenvalue weighted by molar-refractivity contribution is -0.166. The minimum absolute atomic E-state index is 0.0733. The van der Waals surface area contributed by atoms with Gasteiger partial charge in [0.1, 0.15) is 0 Å². The number of methoxy groups -OCH3 is 1. The Morgan fingerprint density at radius 3 is 1.94 bits per heavy atom. The van der Waals surface area contributed by atoms with Crippen LogP contribution in [0.4, 0.5) is 0 Å². The number of benzene rings is 3. The predicted octanol–water partition coefficient (Wildman–Crippen LogP) is 8.96. The number of esters is 1. The maximum atomic E-state index is 14.0. The summed E-state index contributed by atoms with van der Waals surface area (Å²) in [6, 6.07) is 32.2. The number of carbonyl (C=O) groups excluding carboxylic acids is 1. The fraction of sp³-hybridized carbons (Fsp3) is 0.500. The maximum absolute atomic E-state index is 14.0. The molecule has 4 nitrogen and oxygen atoms in total. The highest BCUT2D eigenvalue weighted by Crippen LogP contribution is 2.57. The number of hydrogen-bond donors (Lipinski definition) is 0. The van der Waals surface area contributed by atoms with Gasteiger partial charge < -0.3 is 13.9 Å². The highest BCUT2D eigenvalue weighted by Gasteiger charge is 2.58. The van der Waals surface area contributed by atoms with E-state index in [0.717, 1.165) is 32.1 Å². The largest absolute Gasteiger partial charge is 0.469 e. The lowest BCUT2D eigenvalue weighted by Gasteiger charge is -2.54. The first kappa shape index (κ1) is 36.5. The van der Waals surface area contributed by atoms with E-state index >= 15 is 0 Å². The summed E-state index contributed by atoms with van der Waals surface area (Å²) < 4.78 is 19.7. The third-order valence-electron chi connectivity index (χ3n) is 11.3. The van der Waals surface area contributed by atoms with Gasteiger partial charge in [-0.25, -0.2) is 0 Å². The van der Waals surface area contributed by atoms with Gasteiger partial charge in [0.2, 0.25) is 0 Å². The van der Waals surface area contributed by atoms with Crippen LogP contribution in [0.1, 0.15) is 65.4 Å². The fourth-order valence-corrected chi connectivity index (χ4v) is 15.6. The summed E-state index contributed by atoms with van der Waals surface area (Å²) in [7, 11) is -2.82. The van der Waals surface area contributed by atoms with Gasteiger partial charge in [0.15, 0.2) is 0 Å². The zero-order valence-corrected chi connectivity index (χ0v) is 32.6. The van der Waals surface area contributed by atoms with Crippen LogP contribution in [-0.2, 0) is 25.3 Å². The molecule has 0 heterocycles. The molecule has 3 aromatic rings. The van der Waals surface area contributed by atoms with Crippen molar-refractivity contribution >= 4 is 32.7 Å². The summed E-state index contributed by atoms with van der Waals surface area (Å²) in [4.78, 5) is 14.0. The monoisotopic (exact) mass is 682 g/mol. The molecule has 0 aliphatic heterocycles. The number of hydrogen-bond acceptors (Lipinski definition) is 4. The van der Waals surface area contributed by atoms with E-state index < -0.39 is 21.8 Å². The molecule has 2 aliphatic rings. The summed E-state index contributed by atoms with van der Waals surface area (Å²) in [6.07, 6.45) is 7.51. The Morgan fingerprint density at radius 2 is 1.42 bits per heavy atom. The summed E-state index contributed by atoms with van der Waals surface area (Å²) in [5.74, 6) is 0.435. The van der Waals surface area contributed by atoms with Crippen LogP contribution in [0.3, 0.4) is 0 Å². The minimum atomic E-state index is -2.63. The smallest absolute Gasteiger partial charge is 0.312 e. The molecule has 2 aliphatic carbocycles. The normalized spacial score (nSPS) is 24.8.